The molecule has 1 aromatic heterocycles. The van der Waals surface area contributed by atoms with Crippen molar-refractivity contribution < 1.29 is 23.5 Å². The minimum atomic E-state index is -0.736. The summed E-state index contributed by atoms with van der Waals surface area (Å²) >= 11 is 0. The molecule has 2 rings (SSSR count). The molecule has 0 N–H and O–H groups in total. The zero-order valence-electron chi connectivity index (χ0n) is 11.6. The number of carbonyl (C=O) groups excluding carboxylic acids is 2. The van der Waals surface area contributed by atoms with E-state index in [0.717, 1.165) is 0 Å². The Bertz CT molecular complexity index is 753. The molecule has 2 aromatic rings. The van der Waals surface area contributed by atoms with Crippen LogP contribution < -0.4 is 4.74 Å². The molecule has 0 unspecified atom stereocenters. The Hall–Kier alpha value is -3.33. The van der Waals surface area contributed by atoms with Crippen molar-refractivity contribution in [2.24, 2.45) is 0 Å². The molecule has 22 heavy (non-hydrogen) atoms. The van der Waals surface area contributed by atoms with Crippen LogP contribution in [0.2, 0.25) is 0 Å². The van der Waals surface area contributed by atoms with Gasteiger partial charge in [0.05, 0.1) is 13.4 Å². The Morgan fingerprint density at radius 2 is 2.09 bits per heavy atom. The van der Waals surface area contributed by atoms with E-state index < -0.39 is 11.9 Å². The molecule has 0 saturated carbocycles. The van der Waals surface area contributed by atoms with Crippen LogP contribution in [0.5, 0.6) is 5.75 Å². The van der Waals surface area contributed by atoms with E-state index in [4.69, 9.17) is 14.4 Å². The van der Waals surface area contributed by atoms with Gasteiger partial charge in [0.2, 0.25) is 5.76 Å². The summed E-state index contributed by atoms with van der Waals surface area (Å²) in [6.45, 7) is 0. The highest BCUT2D eigenvalue weighted by molar-refractivity contribution is 5.97. The molecular formula is C16H11NO5. The first kappa shape index (κ1) is 15.1. The highest BCUT2D eigenvalue weighted by atomic mass is 16.5. The van der Waals surface area contributed by atoms with Gasteiger partial charge in [-0.15, -0.1) is 0 Å². The van der Waals surface area contributed by atoms with Gasteiger partial charge in [0.1, 0.15) is 17.4 Å². The van der Waals surface area contributed by atoms with Crippen LogP contribution in [0.1, 0.15) is 16.1 Å². The third-order valence-electron chi connectivity index (χ3n) is 2.63. The van der Waals surface area contributed by atoms with Crippen molar-refractivity contribution in [3.05, 3.63) is 59.6 Å². The molecule has 0 fully saturated rings. The average molecular weight is 297 g/mol. The number of rotatable bonds is 4. The fourth-order valence-corrected chi connectivity index (χ4v) is 1.63. The summed E-state index contributed by atoms with van der Waals surface area (Å²) in [4.78, 5) is 23.1. The number of nitrogens with zero attached hydrogens (tertiary/aromatic N) is 1. The van der Waals surface area contributed by atoms with Crippen LogP contribution in [0, 0.1) is 11.3 Å². The van der Waals surface area contributed by atoms with Crippen molar-refractivity contribution in [3.8, 4) is 11.8 Å². The first-order valence-corrected chi connectivity index (χ1v) is 6.20. The molecule has 6 nitrogen and oxygen atoms in total. The van der Waals surface area contributed by atoms with Gasteiger partial charge in [-0.2, -0.15) is 5.26 Å². The number of carbonyl (C=O) groups is 2. The zero-order chi connectivity index (χ0) is 15.9. The molecule has 6 heteroatoms. The smallest absolute Gasteiger partial charge is 0.379 e. The molecule has 0 aliphatic carbocycles. The molecule has 1 aromatic carbocycles. The fourth-order valence-electron chi connectivity index (χ4n) is 1.63. The van der Waals surface area contributed by atoms with Gasteiger partial charge in [-0.25, -0.2) is 9.59 Å². The summed E-state index contributed by atoms with van der Waals surface area (Å²) in [5.41, 5.74) is 0.365. The van der Waals surface area contributed by atoms with Gasteiger partial charge in [-0.3, -0.25) is 0 Å². The number of benzene rings is 1. The molecule has 0 radical (unpaired) electrons. The second-order valence-corrected chi connectivity index (χ2v) is 4.10. The molecule has 0 bridgehead atoms. The maximum atomic E-state index is 11.8. The molecule has 0 spiro atoms. The van der Waals surface area contributed by atoms with E-state index in [1.54, 1.807) is 30.3 Å². The standard InChI is InChI=1S/C16H11NO5/c1-20-15(18)12(10-17)8-11-4-2-5-13(9-11)22-16(19)14-6-3-7-21-14/h2-9H,1H3/b12-8+. The molecule has 110 valence electrons. The monoisotopic (exact) mass is 297 g/mol. The second kappa shape index (κ2) is 6.90. The van der Waals surface area contributed by atoms with Gasteiger partial charge in [-0.05, 0) is 35.9 Å². The van der Waals surface area contributed by atoms with E-state index in [0.29, 0.717) is 5.56 Å². The summed E-state index contributed by atoms with van der Waals surface area (Å²) in [7, 11) is 1.19. The summed E-state index contributed by atoms with van der Waals surface area (Å²) in [5.74, 6) is -1.04. The van der Waals surface area contributed by atoms with Gasteiger partial charge < -0.3 is 13.9 Å². The summed E-state index contributed by atoms with van der Waals surface area (Å²) in [5, 5.41) is 8.91. The number of hydrogen-bond acceptors (Lipinski definition) is 6. The lowest BCUT2D eigenvalue weighted by Crippen LogP contribution is -2.07. The summed E-state index contributed by atoms with van der Waals surface area (Å²) in [6.07, 6.45) is 2.71. The van der Waals surface area contributed by atoms with E-state index in [1.807, 2.05) is 0 Å². The quantitative estimate of drug-likeness (QED) is 0.373. The van der Waals surface area contributed by atoms with E-state index in [9.17, 15) is 9.59 Å². The first-order chi connectivity index (χ1) is 10.6. The average Bonchev–Trinajstić information content (AvgIpc) is 3.06. The van der Waals surface area contributed by atoms with Crippen molar-refractivity contribution in [2.45, 2.75) is 0 Å². The number of hydrogen-bond donors (Lipinski definition) is 0. The largest absolute Gasteiger partial charge is 0.465 e. The SMILES string of the molecule is COC(=O)/C(C#N)=C/c1cccc(OC(=O)c2ccco2)c1. The Labute approximate surface area is 126 Å². The van der Waals surface area contributed by atoms with Crippen molar-refractivity contribution in [1.29, 1.82) is 5.26 Å². The van der Waals surface area contributed by atoms with Crippen LogP contribution in [-0.2, 0) is 9.53 Å². The Morgan fingerprint density at radius 3 is 2.73 bits per heavy atom. The number of ether oxygens (including phenoxy) is 2. The number of methoxy groups -OCH3 is 1. The van der Waals surface area contributed by atoms with Gasteiger partial charge >= 0.3 is 11.9 Å². The molecular weight excluding hydrogens is 286 g/mol. The van der Waals surface area contributed by atoms with Crippen LogP contribution in [0.25, 0.3) is 6.08 Å². The van der Waals surface area contributed by atoms with Crippen LogP contribution in [0.4, 0.5) is 0 Å². The van der Waals surface area contributed by atoms with Crippen LogP contribution >= 0.6 is 0 Å². The third-order valence-corrected chi connectivity index (χ3v) is 2.63. The van der Waals surface area contributed by atoms with E-state index in [2.05, 4.69) is 4.74 Å². The number of furan rings is 1. The van der Waals surface area contributed by atoms with Crippen LogP contribution in [0.15, 0.2) is 52.7 Å². The van der Waals surface area contributed by atoms with Crippen LogP contribution in [-0.4, -0.2) is 19.0 Å². The van der Waals surface area contributed by atoms with Gasteiger partial charge in [0, 0.05) is 0 Å². The fraction of sp³-hybridized carbons (Fsp3) is 0.0625. The van der Waals surface area contributed by atoms with Crippen molar-refractivity contribution in [1.82, 2.24) is 0 Å². The Balaban J connectivity index is 2.20. The molecule has 0 atom stereocenters. The first-order valence-electron chi connectivity index (χ1n) is 6.20. The molecule has 0 aliphatic heterocycles. The van der Waals surface area contributed by atoms with Crippen LogP contribution in [0.3, 0.4) is 0 Å². The topological polar surface area (TPSA) is 89.5 Å². The lowest BCUT2D eigenvalue weighted by atomic mass is 10.1. The van der Waals surface area contributed by atoms with Crippen molar-refractivity contribution >= 4 is 18.0 Å². The predicted octanol–water partition coefficient (Wildman–Crippen LogP) is 2.58. The second-order valence-electron chi connectivity index (χ2n) is 4.10. The minimum absolute atomic E-state index is 0.0771. The molecule has 0 amide bonds. The number of nitriles is 1. The highest BCUT2D eigenvalue weighted by Gasteiger charge is 2.12. The lowest BCUT2D eigenvalue weighted by Gasteiger charge is -2.03. The predicted molar refractivity (Wildman–Crippen MR) is 75.7 cm³/mol. The third kappa shape index (κ3) is 3.61. The lowest BCUT2D eigenvalue weighted by molar-refractivity contribution is -0.135. The van der Waals surface area contributed by atoms with Crippen molar-refractivity contribution in [2.75, 3.05) is 7.11 Å². The maximum Gasteiger partial charge on any atom is 0.379 e. The van der Waals surface area contributed by atoms with Gasteiger partial charge in [0.15, 0.2) is 0 Å². The zero-order valence-corrected chi connectivity index (χ0v) is 11.6. The molecule has 1 heterocycles. The molecule has 0 saturated heterocycles. The van der Waals surface area contributed by atoms with Gasteiger partial charge in [0.25, 0.3) is 0 Å². The van der Waals surface area contributed by atoms with Crippen molar-refractivity contribution in [3.63, 3.8) is 0 Å². The Kier molecular flexibility index (Phi) is 4.73. The molecule has 0 aliphatic rings. The maximum absolute atomic E-state index is 11.8. The normalized spacial score (nSPS) is 10.6. The van der Waals surface area contributed by atoms with E-state index in [-0.39, 0.29) is 17.1 Å². The highest BCUT2D eigenvalue weighted by Crippen LogP contribution is 2.18. The summed E-state index contributed by atoms with van der Waals surface area (Å²) < 4.78 is 14.6. The van der Waals surface area contributed by atoms with E-state index >= 15 is 0 Å². The minimum Gasteiger partial charge on any atom is -0.465 e. The van der Waals surface area contributed by atoms with Gasteiger partial charge in [-0.1, -0.05) is 12.1 Å². The van der Waals surface area contributed by atoms with E-state index in [1.165, 1.54) is 31.6 Å². The Morgan fingerprint density at radius 1 is 1.27 bits per heavy atom. The summed E-state index contributed by atoms with van der Waals surface area (Å²) in [6, 6.07) is 11.2. The number of esters is 2.